The third kappa shape index (κ3) is 4.07. The molecule has 0 spiro atoms. The number of hydrogen-bond donors (Lipinski definition) is 1. The number of nitrogens with zero attached hydrogens (tertiary/aromatic N) is 2. The van der Waals surface area contributed by atoms with Gasteiger partial charge in [-0.15, -0.1) is 6.58 Å². The van der Waals surface area contributed by atoms with Crippen molar-refractivity contribution in [3.05, 3.63) is 36.9 Å². The summed E-state index contributed by atoms with van der Waals surface area (Å²) >= 11 is 1.37. The van der Waals surface area contributed by atoms with E-state index < -0.39 is 9.84 Å². The fourth-order valence-electron chi connectivity index (χ4n) is 2.89. The molecule has 1 N–H and O–H groups in total. The Morgan fingerprint density at radius 3 is 2.96 bits per heavy atom. The number of carbonyl (C=O) groups is 1. The minimum atomic E-state index is -3.01. The van der Waals surface area contributed by atoms with E-state index in [2.05, 4.69) is 16.9 Å². The van der Waals surface area contributed by atoms with Gasteiger partial charge in [0.05, 0.1) is 27.8 Å². The molecule has 1 aromatic heterocycles. The van der Waals surface area contributed by atoms with Crippen molar-refractivity contribution in [2.75, 3.05) is 11.5 Å². The number of fused-ring (bicyclic) bond motifs is 1. The second-order valence-corrected chi connectivity index (χ2v) is 9.69. The first-order valence-electron chi connectivity index (χ1n) is 8.13. The monoisotopic (exact) mass is 379 g/mol. The van der Waals surface area contributed by atoms with Crippen LogP contribution in [-0.4, -0.2) is 46.7 Å². The van der Waals surface area contributed by atoms with Gasteiger partial charge in [0.1, 0.15) is 0 Å². The predicted molar refractivity (Wildman–Crippen MR) is 100 cm³/mol. The molecule has 1 saturated heterocycles. The maximum absolute atomic E-state index is 12.4. The van der Waals surface area contributed by atoms with Gasteiger partial charge in [-0.05, 0) is 25.5 Å². The number of thioether (sulfide) groups is 1. The Kier molecular flexibility index (Phi) is 5.19. The highest BCUT2D eigenvalue weighted by molar-refractivity contribution is 8.00. The summed E-state index contributed by atoms with van der Waals surface area (Å²) in [6.45, 7) is 6.20. The van der Waals surface area contributed by atoms with E-state index in [1.807, 2.05) is 28.8 Å². The maximum Gasteiger partial charge on any atom is 0.233 e. The number of amides is 1. The summed E-state index contributed by atoms with van der Waals surface area (Å²) in [6.07, 6.45) is 2.28. The molecule has 1 aromatic carbocycles. The molecular formula is C17H21N3O3S2. The van der Waals surface area contributed by atoms with Crippen LogP contribution in [0, 0.1) is 0 Å². The summed E-state index contributed by atoms with van der Waals surface area (Å²) in [6, 6.07) is 7.53. The van der Waals surface area contributed by atoms with Crippen molar-refractivity contribution in [3.8, 4) is 0 Å². The summed E-state index contributed by atoms with van der Waals surface area (Å²) in [5.41, 5.74) is 1.88. The second kappa shape index (κ2) is 7.21. The van der Waals surface area contributed by atoms with Crippen LogP contribution in [0.15, 0.2) is 42.1 Å². The molecule has 8 heteroatoms. The molecule has 1 amide bonds. The molecule has 2 atom stereocenters. The van der Waals surface area contributed by atoms with Crippen LogP contribution in [0.3, 0.4) is 0 Å². The normalized spacial score (nSPS) is 20.4. The molecular weight excluding hydrogens is 358 g/mol. The topological polar surface area (TPSA) is 81.1 Å². The smallest absolute Gasteiger partial charge is 0.233 e. The standard InChI is InChI=1S/C17H21N3O3S2/c1-3-9-20-15-7-5-4-6-14(15)19-17(20)24-12(2)16(21)18-13-8-10-25(22,23)11-13/h3-7,12-13H,1,8-11H2,2H3,(H,18,21). The van der Waals surface area contributed by atoms with Gasteiger partial charge in [-0.3, -0.25) is 4.79 Å². The Morgan fingerprint density at radius 1 is 1.52 bits per heavy atom. The molecule has 2 heterocycles. The Morgan fingerprint density at radius 2 is 2.28 bits per heavy atom. The van der Waals surface area contributed by atoms with Gasteiger partial charge >= 0.3 is 0 Å². The zero-order chi connectivity index (χ0) is 18.0. The minimum Gasteiger partial charge on any atom is -0.351 e. The third-order valence-corrected chi connectivity index (χ3v) is 7.02. The van der Waals surface area contributed by atoms with Crippen molar-refractivity contribution < 1.29 is 13.2 Å². The van der Waals surface area contributed by atoms with Crippen LogP contribution in [-0.2, 0) is 21.2 Å². The van der Waals surface area contributed by atoms with E-state index in [-0.39, 0.29) is 28.7 Å². The van der Waals surface area contributed by atoms with Crippen molar-refractivity contribution in [1.29, 1.82) is 0 Å². The minimum absolute atomic E-state index is 0.0328. The number of imidazole rings is 1. The molecule has 1 aliphatic rings. The van der Waals surface area contributed by atoms with Crippen molar-refractivity contribution in [3.63, 3.8) is 0 Å². The first-order valence-corrected chi connectivity index (χ1v) is 10.8. The Bertz CT molecular complexity index is 905. The fourth-order valence-corrected chi connectivity index (χ4v) is 5.50. The number of nitrogens with one attached hydrogen (secondary N) is 1. The van der Waals surface area contributed by atoms with Crippen molar-refractivity contribution in [2.45, 2.75) is 36.3 Å². The lowest BCUT2D eigenvalue weighted by Gasteiger charge is -2.15. The largest absolute Gasteiger partial charge is 0.351 e. The zero-order valence-corrected chi connectivity index (χ0v) is 15.6. The number of benzene rings is 1. The summed E-state index contributed by atoms with van der Waals surface area (Å²) in [5.74, 6) is 0.0176. The first kappa shape index (κ1) is 18.0. The van der Waals surface area contributed by atoms with Gasteiger partial charge in [-0.2, -0.15) is 0 Å². The predicted octanol–water partition coefficient (Wildman–Crippen LogP) is 2.01. The molecule has 1 aliphatic heterocycles. The van der Waals surface area contributed by atoms with Crippen molar-refractivity contribution in [2.24, 2.45) is 0 Å². The van der Waals surface area contributed by atoms with Crippen LogP contribution in [0.25, 0.3) is 11.0 Å². The van der Waals surface area contributed by atoms with Crippen LogP contribution in [0.2, 0.25) is 0 Å². The van der Waals surface area contributed by atoms with E-state index in [0.29, 0.717) is 13.0 Å². The number of aromatic nitrogens is 2. The van der Waals surface area contributed by atoms with Crippen LogP contribution < -0.4 is 5.32 Å². The summed E-state index contributed by atoms with van der Waals surface area (Å²) in [4.78, 5) is 17.0. The zero-order valence-electron chi connectivity index (χ0n) is 14.0. The van der Waals surface area contributed by atoms with Crippen molar-refractivity contribution in [1.82, 2.24) is 14.9 Å². The average molecular weight is 380 g/mol. The lowest BCUT2D eigenvalue weighted by atomic mass is 10.2. The molecule has 0 radical (unpaired) electrons. The fraction of sp³-hybridized carbons (Fsp3) is 0.412. The lowest BCUT2D eigenvalue weighted by Crippen LogP contribution is -2.40. The Balaban J connectivity index is 1.73. The summed E-state index contributed by atoms with van der Waals surface area (Å²) in [7, 11) is -3.01. The molecule has 6 nitrogen and oxygen atoms in total. The van der Waals surface area contributed by atoms with Gasteiger partial charge in [0.25, 0.3) is 0 Å². The van der Waals surface area contributed by atoms with Gasteiger partial charge in [0.2, 0.25) is 5.91 Å². The van der Waals surface area contributed by atoms with Crippen molar-refractivity contribution >= 4 is 38.5 Å². The molecule has 25 heavy (non-hydrogen) atoms. The van der Waals surface area contributed by atoms with E-state index in [1.54, 1.807) is 13.0 Å². The van der Waals surface area contributed by atoms with Crippen LogP contribution in [0.4, 0.5) is 0 Å². The van der Waals surface area contributed by atoms with E-state index in [1.165, 1.54) is 11.8 Å². The Labute approximate surface area is 151 Å². The van der Waals surface area contributed by atoms with Gasteiger partial charge in [0, 0.05) is 12.6 Å². The molecule has 1 fully saturated rings. The number of carbonyl (C=O) groups excluding carboxylic acids is 1. The van der Waals surface area contributed by atoms with Gasteiger partial charge in [-0.1, -0.05) is 30.0 Å². The molecule has 0 aliphatic carbocycles. The second-order valence-electron chi connectivity index (χ2n) is 6.15. The SMILES string of the molecule is C=CCn1c(SC(C)C(=O)NC2CCS(=O)(=O)C2)nc2ccccc21. The average Bonchev–Trinajstić information content (AvgIpc) is 3.08. The van der Waals surface area contributed by atoms with Crippen LogP contribution in [0.5, 0.6) is 0 Å². The van der Waals surface area contributed by atoms with Gasteiger partial charge in [-0.25, -0.2) is 13.4 Å². The number of hydrogen-bond acceptors (Lipinski definition) is 5. The number of allylic oxidation sites excluding steroid dienone is 1. The molecule has 0 saturated carbocycles. The molecule has 0 bridgehead atoms. The molecule has 134 valence electrons. The quantitative estimate of drug-likeness (QED) is 0.613. The van der Waals surface area contributed by atoms with Gasteiger partial charge < -0.3 is 9.88 Å². The van der Waals surface area contributed by atoms with E-state index >= 15 is 0 Å². The Hall–Kier alpha value is -1.80. The number of rotatable bonds is 6. The van der Waals surface area contributed by atoms with E-state index in [9.17, 15) is 13.2 Å². The molecule has 3 rings (SSSR count). The highest BCUT2D eigenvalue weighted by Gasteiger charge is 2.30. The van der Waals surface area contributed by atoms with Crippen LogP contribution >= 0.6 is 11.8 Å². The highest BCUT2D eigenvalue weighted by atomic mass is 32.2. The highest BCUT2D eigenvalue weighted by Crippen LogP contribution is 2.27. The molecule has 2 aromatic rings. The molecule has 2 unspecified atom stereocenters. The van der Waals surface area contributed by atoms with E-state index in [4.69, 9.17) is 0 Å². The maximum atomic E-state index is 12.4. The van der Waals surface area contributed by atoms with Gasteiger partial charge in [0.15, 0.2) is 15.0 Å². The summed E-state index contributed by atoms with van der Waals surface area (Å²) in [5, 5.41) is 3.22. The lowest BCUT2D eigenvalue weighted by molar-refractivity contribution is -0.120. The van der Waals surface area contributed by atoms with E-state index in [0.717, 1.165) is 16.2 Å². The summed E-state index contributed by atoms with van der Waals surface area (Å²) < 4.78 is 25.1. The van der Waals surface area contributed by atoms with Crippen LogP contribution in [0.1, 0.15) is 13.3 Å². The third-order valence-electron chi connectivity index (χ3n) is 4.16. The number of sulfone groups is 1. The number of para-hydroxylation sites is 2. The first-order chi connectivity index (χ1) is 11.9.